The molecule has 1 nitrogen and oxygen atoms in total. The maximum absolute atomic E-state index is 5.73. The summed E-state index contributed by atoms with van der Waals surface area (Å²) < 4.78 is 1.15. The number of rotatable bonds is 3. The maximum Gasteiger partial charge on any atom is 0.0325 e. The highest BCUT2D eigenvalue weighted by Crippen LogP contribution is 2.32. The summed E-state index contributed by atoms with van der Waals surface area (Å²) in [5, 5.41) is 0.873. The van der Waals surface area contributed by atoms with Crippen LogP contribution in [0.4, 0.5) is 5.69 Å². The minimum Gasteiger partial charge on any atom is -0.399 e. The predicted octanol–water partition coefficient (Wildman–Crippen LogP) is 4.60. The normalized spacial score (nSPS) is 17.6. The van der Waals surface area contributed by atoms with Crippen molar-refractivity contribution >= 4 is 33.4 Å². The van der Waals surface area contributed by atoms with Gasteiger partial charge in [0.15, 0.2) is 0 Å². The zero-order valence-corrected chi connectivity index (χ0v) is 11.8. The van der Waals surface area contributed by atoms with E-state index in [1.54, 1.807) is 0 Å². The molecule has 0 bridgehead atoms. The third-order valence-corrected chi connectivity index (χ3v) is 5.26. The van der Waals surface area contributed by atoms with Crippen molar-refractivity contribution in [2.45, 2.75) is 43.1 Å². The first-order valence-electron chi connectivity index (χ1n) is 5.91. The molecule has 0 atom stereocenters. The van der Waals surface area contributed by atoms with Gasteiger partial charge in [0.05, 0.1) is 0 Å². The van der Waals surface area contributed by atoms with E-state index in [1.165, 1.54) is 37.7 Å². The molecule has 0 radical (unpaired) electrons. The van der Waals surface area contributed by atoms with E-state index in [-0.39, 0.29) is 0 Å². The first kappa shape index (κ1) is 12.3. The third kappa shape index (κ3) is 3.42. The number of nitrogens with two attached hydrogens (primary N) is 1. The van der Waals surface area contributed by atoms with Gasteiger partial charge in [0, 0.05) is 21.2 Å². The summed E-state index contributed by atoms with van der Waals surface area (Å²) in [5.74, 6) is 1.10. The summed E-state index contributed by atoms with van der Waals surface area (Å²) in [6, 6.07) is 6.12. The Morgan fingerprint density at radius 1 is 1.25 bits per heavy atom. The largest absolute Gasteiger partial charge is 0.399 e. The lowest BCUT2D eigenvalue weighted by Gasteiger charge is -2.21. The monoisotopic (exact) mass is 299 g/mol. The van der Waals surface area contributed by atoms with Crippen LogP contribution in [0.5, 0.6) is 0 Å². The molecule has 0 heterocycles. The van der Waals surface area contributed by atoms with Crippen molar-refractivity contribution in [1.82, 2.24) is 0 Å². The predicted molar refractivity (Wildman–Crippen MR) is 76.7 cm³/mol. The molecule has 1 aliphatic rings. The molecule has 0 spiro atoms. The van der Waals surface area contributed by atoms with E-state index in [4.69, 9.17) is 5.73 Å². The molecule has 1 saturated carbocycles. The zero-order chi connectivity index (χ0) is 11.4. The minimum atomic E-state index is 0.832. The van der Waals surface area contributed by atoms with Crippen molar-refractivity contribution in [2.24, 2.45) is 0 Å². The van der Waals surface area contributed by atoms with Gasteiger partial charge in [-0.3, -0.25) is 0 Å². The maximum atomic E-state index is 5.73. The van der Waals surface area contributed by atoms with Crippen molar-refractivity contribution in [3.63, 3.8) is 0 Å². The quantitative estimate of drug-likeness (QED) is 0.826. The molecule has 1 aliphatic carbocycles. The van der Waals surface area contributed by atoms with Gasteiger partial charge in [0.2, 0.25) is 0 Å². The van der Waals surface area contributed by atoms with Crippen molar-refractivity contribution in [3.8, 4) is 0 Å². The fourth-order valence-corrected chi connectivity index (χ4v) is 4.18. The summed E-state index contributed by atoms with van der Waals surface area (Å²) in [6.07, 6.45) is 7.07. The topological polar surface area (TPSA) is 26.0 Å². The van der Waals surface area contributed by atoms with E-state index in [1.807, 2.05) is 12.1 Å². The number of halogens is 1. The van der Waals surface area contributed by atoms with Gasteiger partial charge in [-0.05, 0) is 30.5 Å². The number of hydrogen-bond donors (Lipinski definition) is 1. The van der Waals surface area contributed by atoms with Crippen LogP contribution in [-0.2, 0) is 5.75 Å². The summed E-state index contributed by atoms with van der Waals surface area (Å²) in [7, 11) is 0. The van der Waals surface area contributed by atoms with E-state index in [2.05, 4.69) is 33.8 Å². The highest BCUT2D eigenvalue weighted by Gasteiger charge is 2.14. The number of thioether (sulfide) groups is 1. The molecule has 0 aromatic heterocycles. The van der Waals surface area contributed by atoms with Crippen molar-refractivity contribution < 1.29 is 0 Å². The van der Waals surface area contributed by atoms with Crippen LogP contribution in [0.2, 0.25) is 0 Å². The molecule has 16 heavy (non-hydrogen) atoms. The number of anilines is 1. The van der Waals surface area contributed by atoms with E-state index in [0.29, 0.717) is 0 Å². The van der Waals surface area contributed by atoms with Crippen molar-refractivity contribution in [2.75, 3.05) is 5.73 Å². The third-order valence-electron chi connectivity index (χ3n) is 3.10. The van der Waals surface area contributed by atoms with E-state index < -0.39 is 0 Å². The molecule has 0 amide bonds. The Labute approximate surface area is 110 Å². The summed E-state index contributed by atoms with van der Waals surface area (Å²) in [6.45, 7) is 0. The molecular formula is C13H18BrNS. The SMILES string of the molecule is Nc1ccc(CSC2CCCCC2)c(Br)c1. The summed E-state index contributed by atoms with van der Waals surface area (Å²) >= 11 is 5.68. The van der Waals surface area contributed by atoms with Crippen LogP contribution in [0, 0.1) is 0 Å². The van der Waals surface area contributed by atoms with E-state index in [9.17, 15) is 0 Å². The second-order valence-corrected chi connectivity index (χ2v) is 6.56. The van der Waals surface area contributed by atoms with E-state index >= 15 is 0 Å². The molecule has 2 N–H and O–H groups in total. The van der Waals surface area contributed by atoms with E-state index in [0.717, 1.165) is 21.2 Å². The Hall–Kier alpha value is -0.150. The molecule has 0 unspecified atom stereocenters. The second kappa shape index (κ2) is 5.97. The van der Waals surface area contributed by atoms with Crippen LogP contribution in [-0.4, -0.2) is 5.25 Å². The highest BCUT2D eigenvalue weighted by atomic mass is 79.9. The first-order valence-corrected chi connectivity index (χ1v) is 7.75. The molecule has 1 fully saturated rings. The lowest BCUT2D eigenvalue weighted by atomic mass is 10.0. The van der Waals surface area contributed by atoms with Gasteiger partial charge in [0.25, 0.3) is 0 Å². The Bertz CT molecular complexity index is 348. The van der Waals surface area contributed by atoms with Gasteiger partial charge in [-0.2, -0.15) is 11.8 Å². The van der Waals surface area contributed by atoms with Gasteiger partial charge in [-0.25, -0.2) is 0 Å². The van der Waals surface area contributed by atoms with Gasteiger partial charge < -0.3 is 5.73 Å². The second-order valence-electron chi connectivity index (χ2n) is 4.42. The minimum absolute atomic E-state index is 0.832. The molecule has 1 aromatic carbocycles. The van der Waals surface area contributed by atoms with Gasteiger partial charge in [0.1, 0.15) is 0 Å². The van der Waals surface area contributed by atoms with Crippen LogP contribution in [0.15, 0.2) is 22.7 Å². The van der Waals surface area contributed by atoms with Crippen LogP contribution < -0.4 is 5.73 Å². The Kier molecular flexibility index (Phi) is 4.59. The smallest absolute Gasteiger partial charge is 0.0325 e. The fourth-order valence-electron chi connectivity index (χ4n) is 2.12. The molecule has 0 aliphatic heterocycles. The van der Waals surface area contributed by atoms with Crippen LogP contribution >= 0.6 is 27.7 Å². The van der Waals surface area contributed by atoms with Crippen molar-refractivity contribution in [1.29, 1.82) is 0 Å². The number of hydrogen-bond acceptors (Lipinski definition) is 2. The van der Waals surface area contributed by atoms with Crippen molar-refractivity contribution in [3.05, 3.63) is 28.2 Å². The van der Waals surface area contributed by atoms with Crippen LogP contribution in [0.1, 0.15) is 37.7 Å². The molecule has 0 saturated heterocycles. The highest BCUT2D eigenvalue weighted by molar-refractivity contribution is 9.10. The van der Waals surface area contributed by atoms with Crippen LogP contribution in [0.3, 0.4) is 0 Å². The number of nitrogen functional groups attached to an aromatic ring is 1. The van der Waals surface area contributed by atoms with Gasteiger partial charge in [-0.1, -0.05) is 41.3 Å². The lowest BCUT2D eigenvalue weighted by Crippen LogP contribution is -2.08. The summed E-state index contributed by atoms with van der Waals surface area (Å²) in [4.78, 5) is 0. The molecule has 88 valence electrons. The zero-order valence-electron chi connectivity index (χ0n) is 9.42. The Balaban J connectivity index is 1.88. The summed E-state index contributed by atoms with van der Waals surface area (Å²) in [5.41, 5.74) is 7.93. The van der Waals surface area contributed by atoms with Gasteiger partial charge in [-0.15, -0.1) is 0 Å². The molecule has 3 heteroatoms. The number of benzene rings is 1. The van der Waals surface area contributed by atoms with Gasteiger partial charge >= 0.3 is 0 Å². The average Bonchev–Trinajstić information content (AvgIpc) is 2.29. The molecule has 1 aromatic rings. The average molecular weight is 300 g/mol. The Morgan fingerprint density at radius 3 is 2.69 bits per heavy atom. The first-order chi connectivity index (χ1) is 7.75. The van der Waals surface area contributed by atoms with Crippen LogP contribution in [0.25, 0.3) is 0 Å². The molecular weight excluding hydrogens is 282 g/mol. The Morgan fingerprint density at radius 2 is 2.00 bits per heavy atom. The lowest BCUT2D eigenvalue weighted by molar-refractivity contribution is 0.516. The molecule has 2 rings (SSSR count). The fraction of sp³-hybridized carbons (Fsp3) is 0.538. The standard InChI is InChI=1S/C13H18BrNS/c14-13-8-11(15)7-6-10(13)9-16-12-4-2-1-3-5-12/h6-8,12H,1-5,9,15H2.